The highest BCUT2D eigenvalue weighted by molar-refractivity contribution is 9.10. The number of ether oxygens (including phenoxy) is 2. The van der Waals surface area contributed by atoms with Crippen molar-refractivity contribution in [2.24, 2.45) is 5.92 Å². The zero-order valence-electron chi connectivity index (χ0n) is 16.0. The molecule has 1 amide bonds. The van der Waals surface area contributed by atoms with Crippen molar-refractivity contribution >= 4 is 21.8 Å². The predicted octanol–water partition coefficient (Wildman–Crippen LogP) is 3.52. The molecule has 2 aliphatic heterocycles. The Morgan fingerprint density at radius 2 is 1.96 bits per heavy atom. The molecule has 144 valence electrons. The maximum Gasteiger partial charge on any atom is 0.238 e. The number of carbonyl (C=O) groups excluding carboxylic acids is 1. The minimum Gasteiger partial charge on any atom is -0.493 e. The fraction of sp³-hybridized carbons (Fsp3) is 0.650. The maximum atomic E-state index is 13.2. The summed E-state index contributed by atoms with van der Waals surface area (Å²) in [6.45, 7) is 10.6. The van der Waals surface area contributed by atoms with E-state index in [1.54, 1.807) is 0 Å². The van der Waals surface area contributed by atoms with Crippen molar-refractivity contribution in [2.75, 3.05) is 19.7 Å². The number of benzene rings is 1. The number of amides is 1. The number of fused-ring (bicyclic) bond motifs is 1. The summed E-state index contributed by atoms with van der Waals surface area (Å²) >= 11 is 3.52. The van der Waals surface area contributed by atoms with Gasteiger partial charge in [-0.05, 0) is 38.0 Å². The highest BCUT2D eigenvalue weighted by atomic mass is 79.9. The van der Waals surface area contributed by atoms with Crippen LogP contribution < -0.4 is 10.1 Å². The van der Waals surface area contributed by atoms with Crippen molar-refractivity contribution in [2.45, 2.75) is 58.4 Å². The van der Waals surface area contributed by atoms with Gasteiger partial charge in [0.2, 0.25) is 5.91 Å². The van der Waals surface area contributed by atoms with Crippen LogP contribution in [-0.4, -0.2) is 48.8 Å². The van der Waals surface area contributed by atoms with E-state index in [0.717, 1.165) is 35.3 Å². The molecule has 1 aromatic carbocycles. The van der Waals surface area contributed by atoms with Gasteiger partial charge in [0, 0.05) is 29.5 Å². The predicted molar refractivity (Wildman–Crippen MR) is 105 cm³/mol. The van der Waals surface area contributed by atoms with E-state index in [1.165, 1.54) is 0 Å². The van der Waals surface area contributed by atoms with Crippen LogP contribution in [0.4, 0.5) is 0 Å². The summed E-state index contributed by atoms with van der Waals surface area (Å²) < 4.78 is 12.6. The van der Waals surface area contributed by atoms with Crippen molar-refractivity contribution in [3.8, 4) is 5.75 Å². The minimum absolute atomic E-state index is 0.0131. The van der Waals surface area contributed by atoms with E-state index in [0.29, 0.717) is 6.61 Å². The van der Waals surface area contributed by atoms with Crippen LogP contribution in [0.3, 0.4) is 0 Å². The van der Waals surface area contributed by atoms with Gasteiger partial charge in [-0.25, -0.2) is 0 Å². The van der Waals surface area contributed by atoms with Gasteiger partial charge < -0.3 is 14.8 Å². The van der Waals surface area contributed by atoms with E-state index in [1.807, 2.05) is 18.2 Å². The molecule has 6 heteroatoms. The highest BCUT2D eigenvalue weighted by Crippen LogP contribution is 2.34. The summed E-state index contributed by atoms with van der Waals surface area (Å²) in [6, 6.07) is 5.81. The molecule has 2 heterocycles. The van der Waals surface area contributed by atoms with Crippen LogP contribution in [-0.2, 0) is 9.53 Å². The largest absolute Gasteiger partial charge is 0.493 e. The van der Waals surface area contributed by atoms with Crippen LogP contribution >= 0.6 is 15.9 Å². The van der Waals surface area contributed by atoms with E-state index in [9.17, 15) is 4.79 Å². The summed E-state index contributed by atoms with van der Waals surface area (Å²) in [5, 5.41) is 3.29. The van der Waals surface area contributed by atoms with Gasteiger partial charge in [-0.2, -0.15) is 0 Å². The quantitative estimate of drug-likeness (QED) is 0.802. The summed E-state index contributed by atoms with van der Waals surface area (Å²) in [5.74, 6) is 1.19. The van der Waals surface area contributed by atoms with Gasteiger partial charge in [-0.3, -0.25) is 9.69 Å². The Bertz CT molecular complexity index is 642. The first-order valence-corrected chi connectivity index (χ1v) is 10.3. The molecule has 1 aromatic rings. The third-order valence-electron chi connectivity index (χ3n) is 5.07. The van der Waals surface area contributed by atoms with Crippen molar-refractivity contribution in [1.29, 1.82) is 0 Å². The molecule has 0 radical (unpaired) electrons. The second-order valence-electron chi connectivity index (χ2n) is 7.78. The molecule has 4 unspecified atom stereocenters. The molecule has 1 fully saturated rings. The first-order valence-electron chi connectivity index (χ1n) is 9.47. The van der Waals surface area contributed by atoms with Crippen LogP contribution in [0.1, 0.15) is 45.7 Å². The number of hydrogen-bond donors (Lipinski definition) is 1. The fourth-order valence-corrected chi connectivity index (χ4v) is 4.49. The van der Waals surface area contributed by atoms with Gasteiger partial charge >= 0.3 is 0 Å². The molecular formula is C20H29BrN2O3. The Kier molecular flexibility index (Phi) is 6.25. The molecule has 0 aromatic heterocycles. The first kappa shape index (κ1) is 19.6. The van der Waals surface area contributed by atoms with Crippen LogP contribution in [0.15, 0.2) is 22.7 Å². The first-order chi connectivity index (χ1) is 12.3. The van der Waals surface area contributed by atoms with Crippen molar-refractivity contribution in [3.63, 3.8) is 0 Å². The zero-order valence-corrected chi connectivity index (χ0v) is 17.6. The SMILES string of the molecule is CC1CN(C(C(=O)NC2CCOc3ccc(Br)cc32)C(C)C)CC(C)O1. The lowest BCUT2D eigenvalue weighted by atomic mass is 9.96. The number of halogens is 1. The number of rotatable bonds is 4. The Morgan fingerprint density at radius 3 is 2.62 bits per heavy atom. The topological polar surface area (TPSA) is 50.8 Å². The number of hydrogen-bond acceptors (Lipinski definition) is 4. The Labute approximate surface area is 164 Å². The Morgan fingerprint density at radius 1 is 1.27 bits per heavy atom. The maximum absolute atomic E-state index is 13.2. The third-order valence-corrected chi connectivity index (χ3v) is 5.56. The van der Waals surface area contributed by atoms with Crippen molar-refractivity contribution in [3.05, 3.63) is 28.2 Å². The summed E-state index contributed by atoms with van der Waals surface area (Å²) in [5.41, 5.74) is 1.05. The van der Waals surface area contributed by atoms with Crippen LogP contribution in [0, 0.1) is 5.92 Å². The zero-order chi connectivity index (χ0) is 18.8. The van der Waals surface area contributed by atoms with Gasteiger partial charge in [0.05, 0.1) is 30.9 Å². The van der Waals surface area contributed by atoms with E-state index in [4.69, 9.17) is 9.47 Å². The Hall–Kier alpha value is -1.11. The molecule has 2 aliphatic rings. The number of carbonyl (C=O) groups is 1. The molecule has 4 atom stereocenters. The second-order valence-corrected chi connectivity index (χ2v) is 8.70. The van der Waals surface area contributed by atoms with Gasteiger partial charge in [0.25, 0.3) is 0 Å². The molecule has 26 heavy (non-hydrogen) atoms. The third kappa shape index (κ3) is 4.41. The Balaban J connectivity index is 1.76. The molecule has 5 nitrogen and oxygen atoms in total. The number of nitrogens with zero attached hydrogens (tertiary/aromatic N) is 1. The normalized spacial score (nSPS) is 27.5. The van der Waals surface area contributed by atoms with Crippen LogP contribution in [0.2, 0.25) is 0 Å². The molecular weight excluding hydrogens is 396 g/mol. The smallest absolute Gasteiger partial charge is 0.238 e. The lowest BCUT2D eigenvalue weighted by Gasteiger charge is -2.41. The van der Waals surface area contributed by atoms with E-state index >= 15 is 0 Å². The summed E-state index contributed by atoms with van der Waals surface area (Å²) in [7, 11) is 0. The molecule has 1 N–H and O–H groups in total. The van der Waals surface area contributed by atoms with Crippen LogP contribution in [0.25, 0.3) is 0 Å². The molecule has 0 spiro atoms. The van der Waals surface area contributed by atoms with Crippen LogP contribution in [0.5, 0.6) is 5.75 Å². The van der Waals surface area contributed by atoms with E-state index in [-0.39, 0.29) is 36.1 Å². The van der Waals surface area contributed by atoms with Gasteiger partial charge in [0.15, 0.2) is 0 Å². The van der Waals surface area contributed by atoms with Crippen molar-refractivity contribution in [1.82, 2.24) is 10.2 Å². The second kappa shape index (κ2) is 8.28. The van der Waals surface area contributed by atoms with E-state index in [2.05, 4.69) is 53.8 Å². The van der Waals surface area contributed by atoms with Gasteiger partial charge in [-0.15, -0.1) is 0 Å². The van der Waals surface area contributed by atoms with Gasteiger partial charge in [-0.1, -0.05) is 29.8 Å². The highest BCUT2D eigenvalue weighted by Gasteiger charge is 2.35. The molecule has 0 saturated carbocycles. The monoisotopic (exact) mass is 424 g/mol. The summed E-state index contributed by atoms with van der Waals surface area (Å²) in [4.78, 5) is 15.5. The van der Waals surface area contributed by atoms with Crippen molar-refractivity contribution < 1.29 is 14.3 Å². The molecule has 0 aliphatic carbocycles. The standard InChI is InChI=1S/C20H29BrN2O3/c1-12(2)19(23-10-13(3)26-14(4)11-23)20(24)22-17-7-8-25-18-6-5-15(21)9-16(17)18/h5-6,9,12-14,17,19H,7-8,10-11H2,1-4H3,(H,22,24). The lowest BCUT2D eigenvalue weighted by Crippen LogP contribution is -2.57. The average Bonchev–Trinajstić information content (AvgIpc) is 2.54. The molecule has 0 bridgehead atoms. The fourth-order valence-electron chi connectivity index (χ4n) is 4.11. The molecule has 1 saturated heterocycles. The van der Waals surface area contributed by atoms with Gasteiger partial charge in [0.1, 0.15) is 5.75 Å². The van der Waals surface area contributed by atoms with E-state index < -0.39 is 0 Å². The number of morpholine rings is 1. The lowest BCUT2D eigenvalue weighted by molar-refractivity contribution is -0.136. The average molecular weight is 425 g/mol. The minimum atomic E-state index is -0.151. The molecule has 3 rings (SSSR count). The number of nitrogens with one attached hydrogen (secondary N) is 1. The summed E-state index contributed by atoms with van der Waals surface area (Å²) in [6.07, 6.45) is 1.08.